The molecular weight excluding hydrogens is 352 g/mol. The van der Waals surface area contributed by atoms with Crippen LogP contribution < -0.4 is 10.0 Å². The third-order valence-corrected chi connectivity index (χ3v) is 8.20. The van der Waals surface area contributed by atoms with Crippen molar-refractivity contribution < 1.29 is 8.42 Å². The SMILES string of the molecule is Cc1c(NC[C@H]2CC[C@H](NS(=O)(=O)C(C)C)CC2)ccc2ccsc12. The van der Waals surface area contributed by atoms with E-state index in [1.165, 1.54) is 21.3 Å². The normalized spacial score (nSPS) is 21.8. The second-order valence-corrected chi connectivity index (χ2v) is 10.6. The Bertz CT molecular complexity index is 819. The molecule has 6 heteroatoms. The number of rotatable bonds is 6. The fraction of sp³-hybridized carbons (Fsp3) is 0.579. The lowest BCUT2D eigenvalue weighted by Crippen LogP contribution is -2.41. The highest BCUT2D eigenvalue weighted by molar-refractivity contribution is 7.90. The minimum Gasteiger partial charge on any atom is -0.385 e. The Morgan fingerprint density at radius 1 is 1.16 bits per heavy atom. The Kier molecular flexibility index (Phi) is 5.71. The number of hydrogen-bond acceptors (Lipinski definition) is 4. The minimum absolute atomic E-state index is 0.104. The first-order valence-corrected chi connectivity index (χ1v) is 11.5. The van der Waals surface area contributed by atoms with Crippen molar-refractivity contribution in [2.24, 2.45) is 5.92 Å². The second-order valence-electron chi connectivity index (χ2n) is 7.39. The van der Waals surface area contributed by atoms with Crippen LogP contribution in [0.5, 0.6) is 0 Å². The van der Waals surface area contributed by atoms with Gasteiger partial charge in [0.25, 0.3) is 0 Å². The molecule has 0 radical (unpaired) electrons. The van der Waals surface area contributed by atoms with Crippen LogP contribution >= 0.6 is 11.3 Å². The predicted molar refractivity (Wildman–Crippen MR) is 108 cm³/mol. The zero-order valence-electron chi connectivity index (χ0n) is 15.2. The van der Waals surface area contributed by atoms with Gasteiger partial charge in [-0.3, -0.25) is 0 Å². The monoisotopic (exact) mass is 380 g/mol. The van der Waals surface area contributed by atoms with Crippen molar-refractivity contribution in [2.75, 3.05) is 11.9 Å². The third kappa shape index (κ3) is 4.36. The average molecular weight is 381 g/mol. The maximum Gasteiger partial charge on any atom is 0.214 e. The fourth-order valence-electron chi connectivity index (χ4n) is 3.47. The highest BCUT2D eigenvalue weighted by Gasteiger charge is 2.26. The van der Waals surface area contributed by atoms with E-state index >= 15 is 0 Å². The molecule has 0 saturated heterocycles. The van der Waals surface area contributed by atoms with E-state index in [-0.39, 0.29) is 11.3 Å². The quantitative estimate of drug-likeness (QED) is 0.775. The Balaban J connectivity index is 1.51. The summed E-state index contributed by atoms with van der Waals surface area (Å²) in [5.41, 5.74) is 2.54. The molecule has 3 rings (SSSR count). The zero-order valence-corrected chi connectivity index (χ0v) is 16.8. The summed E-state index contributed by atoms with van der Waals surface area (Å²) in [5, 5.41) is 6.71. The molecule has 4 nitrogen and oxygen atoms in total. The molecule has 0 atom stereocenters. The molecule has 1 saturated carbocycles. The molecule has 1 heterocycles. The summed E-state index contributed by atoms with van der Waals surface area (Å²) in [5.74, 6) is 0.609. The summed E-state index contributed by atoms with van der Waals surface area (Å²) in [6, 6.07) is 6.62. The van der Waals surface area contributed by atoms with Gasteiger partial charge in [-0.25, -0.2) is 13.1 Å². The minimum atomic E-state index is -3.16. The lowest BCUT2D eigenvalue weighted by molar-refractivity contribution is 0.323. The number of thiophene rings is 1. The number of sulfonamides is 1. The summed E-state index contributed by atoms with van der Waals surface area (Å²) < 4.78 is 28.2. The molecule has 1 aliphatic carbocycles. The van der Waals surface area contributed by atoms with Gasteiger partial charge in [0, 0.05) is 23.0 Å². The summed E-state index contributed by atoms with van der Waals surface area (Å²) in [4.78, 5) is 0. The number of fused-ring (bicyclic) bond motifs is 1. The molecule has 1 aliphatic rings. The lowest BCUT2D eigenvalue weighted by Gasteiger charge is -2.30. The molecular formula is C19H28N2O2S2. The Labute approximate surface area is 155 Å². The van der Waals surface area contributed by atoms with Crippen molar-refractivity contribution in [1.29, 1.82) is 0 Å². The number of nitrogens with one attached hydrogen (secondary N) is 2. The molecule has 1 aromatic carbocycles. The van der Waals surface area contributed by atoms with E-state index in [4.69, 9.17) is 0 Å². The third-order valence-electron chi connectivity index (χ3n) is 5.25. The summed E-state index contributed by atoms with van der Waals surface area (Å²) in [6.07, 6.45) is 4.00. The van der Waals surface area contributed by atoms with E-state index in [9.17, 15) is 8.42 Å². The van der Waals surface area contributed by atoms with E-state index in [0.717, 1.165) is 32.2 Å². The number of hydrogen-bond donors (Lipinski definition) is 2. The van der Waals surface area contributed by atoms with Crippen LogP contribution in [0.15, 0.2) is 23.6 Å². The van der Waals surface area contributed by atoms with Gasteiger partial charge in [0.1, 0.15) is 0 Å². The first kappa shape index (κ1) is 18.7. The van der Waals surface area contributed by atoms with Crippen molar-refractivity contribution in [3.8, 4) is 0 Å². The molecule has 1 fully saturated rings. The van der Waals surface area contributed by atoms with Gasteiger partial charge in [0.05, 0.1) is 5.25 Å². The van der Waals surface area contributed by atoms with E-state index in [1.54, 1.807) is 25.2 Å². The first-order valence-electron chi connectivity index (χ1n) is 9.08. The van der Waals surface area contributed by atoms with Crippen LogP contribution in [0.4, 0.5) is 5.69 Å². The van der Waals surface area contributed by atoms with Crippen LogP contribution in [0, 0.1) is 12.8 Å². The highest BCUT2D eigenvalue weighted by atomic mass is 32.2. The second kappa shape index (κ2) is 7.64. The maximum atomic E-state index is 12.0. The molecule has 0 unspecified atom stereocenters. The Morgan fingerprint density at radius 2 is 1.88 bits per heavy atom. The van der Waals surface area contributed by atoms with Crippen molar-refractivity contribution in [1.82, 2.24) is 4.72 Å². The Morgan fingerprint density at radius 3 is 2.56 bits per heavy atom. The average Bonchev–Trinajstić information content (AvgIpc) is 3.05. The van der Waals surface area contributed by atoms with E-state index in [2.05, 4.69) is 40.5 Å². The van der Waals surface area contributed by atoms with Gasteiger partial charge in [-0.05, 0) is 80.8 Å². The van der Waals surface area contributed by atoms with Crippen molar-refractivity contribution in [2.45, 2.75) is 57.7 Å². The van der Waals surface area contributed by atoms with Gasteiger partial charge in [0.2, 0.25) is 10.0 Å². The highest BCUT2D eigenvalue weighted by Crippen LogP contribution is 2.31. The molecule has 0 spiro atoms. The standard InChI is InChI=1S/C19H28N2O2S2/c1-13(2)25(22,23)21-17-7-4-15(5-8-17)12-20-18-9-6-16-10-11-24-19(16)14(18)3/h6,9-11,13,15,17,20-21H,4-5,7-8,12H2,1-3H3/t15-,17-. The molecule has 2 N–H and O–H groups in total. The van der Waals surface area contributed by atoms with E-state index in [0.29, 0.717) is 5.92 Å². The van der Waals surface area contributed by atoms with Crippen molar-refractivity contribution in [3.63, 3.8) is 0 Å². The number of aryl methyl sites for hydroxylation is 1. The number of benzene rings is 1. The number of anilines is 1. The van der Waals surface area contributed by atoms with Crippen LogP contribution in [0.1, 0.15) is 45.1 Å². The molecule has 1 aromatic heterocycles. The fourth-order valence-corrected chi connectivity index (χ4v) is 5.36. The largest absolute Gasteiger partial charge is 0.385 e. The van der Waals surface area contributed by atoms with E-state index in [1.807, 2.05) is 0 Å². The van der Waals surface area contributed by atoms with Gasteiger partial charge in [-0.1, -0.05) is 6.07 Å². The smallest absolute Gasteiger partial charge is 0.214 e. The molecule has 0 amide bonds. The van der Waals surface area contributed by atoms with Gasteiger partial charge in [0.15, 0.2) is 0 Å². The van der Waals surface area contributed by atoms with Crippen LogP contribution in [0.3, 0.4) is 0 Å². The van der Waals surface area contributed by atoms with Gasteiger partial charge < -0.3 is 5.32 Å². The summed E-state index contributed by atoms with van der Waals surface area (Å²) in [6.45, 7) is 6.59. The van der Waals surface area contributed by atoms with Crippen LogP contribution in [0.25, 0.3) is 10.1 Å². The topological polar surface area (TPSA) is 58.2 Å². The molecule has 25 heavy (non-hydrogen) atoms. The molecule has 0 bridgehead atoms. The molecule has 2 aromatic rings. The zero-order chi connectivity index (χ0) is 18.0. The van der Waals surface area contributed by atoms with Crippen molar-refractivity contribution >= 4 is 37.1 Å². The molecule has 138 valence electrons. The first-order chi connectivity index (χ1) is 11.9. The van der Waals surface area contributed by atoms with Crippen LogP contribution in [0.2, 0.25) is 0 Å². The van der Waals surface area contributed by atoms with Crippen LogP contribution in [-0.4, -0.2) is 26.3 Å². The summed E-state index contributed by atoms with van der Waals surface area (Å²) in [7, 11) is -3.16. The van der Waals surface area contributed by atoms with Crippen LogP contribution in [-0.2, 0) is 10.0 Å². The summed E-state index contributed by atoms with van der Waals surface area (Å²) >= 11 is 1.79. The lowest BCUT2D eigenvalue weighted by atomic mass is 9.86. The van der Waals surface area contributed by atoms with Gasteiger partial charge in [-0.15, -0.1) is 11.3 Å². The Hall–Kier alpha value is -1.11. The van der Waals surface area contributed by atoms with Gasteiger partial charge >= 0.3 is 0 Å². The van der Waals surface area contributed by atoms with E-state index < -0.39 is 10.0 Å². The molecule has 0 aliphatic heterocycles. The van der Waals surface area contributed by atoms with Gasteiger partial charge in [-0.2, -0.15) is 0 Å². The van der Waals surface area contributed by atoms with Crippen molar-refractivity contribution in [3.05, 3.63) is 29.1 Å². The maximum absolute atomic E-state index is 12.0. The predicted octanol–water partition coefficient (Wildman–Crippen LogP) is 4.51.